The van der Waals surface area contributed by atoms with Crippen molar-refractivity contribution in [2.45, 2.75) is 19.8 Å². The Hall–Kier alpha value is -2.89. The van der Waals surface area contributed by atoms with Crippen molar-refractivity contribution < 1.29 is 14.0 Å². The maximum Gasteiger partial charge on any atom is 0.245 e. The first-order valence-electron chi connectivity index (χ1n) is 7.93. The fourth-order valence-corrected chi connectivity index (χ4v) is 2.66. The largest absolute Gasteiger partial charge is 0.463 e. The van der Waals surface area contributed by atoms with Gasteiger partial charge >= 0.3 is 0 Å². The number of furan rings is 1. The highest BCUT2D eigenvalue weighted by molar-refractivity contribution is 6.00. The summed E-state index contributed by atoms with van der Waals surface area (Å²) in [6.45, 7) is 2.45. The van der Waals surface area contributed by atoms with Crippen LogP contribution in [-0.2, 0) is 16.0 Å². The number of amides is 2. The third-order valence-electron chi connectivity index (χ3n) is 4.06. The Balaban J connectivity index is 1.60. The van der Waals surface area contributed by atoms with E-state index < -0.39 is 5.92 Å². The van der Waals surface area contributed by atoms with Gasteiger partial charge in [-0.05, 0) is 36.2 Å². The van der Waals surface area contributed by atoms with Gasteiger partial charge in [-0.1, -0.05) is 19.1 Å². The van der Waals surface area contributed by atoms with E-state index in [2.05, 4.69) is 17.5 Å². The van der Waals surface area contributed by atoms with Gasteiger partial charge in [0.15, 0.2) is 0 Å². The summed E-state index contributed by atoms with van der Waals surface area (Å²) >= 11 is 0. The van der Waals surface area contributed by atoms with Crippen LogP contribution in [0.1, 0.15) is 24.7 Å². The van der Waals surface area contributed by atoms with Crippen LogP contribution in [0, 0.1) is 5.92 Å². The molecule has 24 heavy (non-hydrogen) atoms. The molecule has 1 aromatic heterocycles. The molecule has 0 aliphatic carbocycles. The second kappa shape index (κ2) is 7.12. The highest BCUT2D eigenvalue weighted by atomic mass is 16.3. The number of anilines is 1. The molecule has 0 bridgehead atoms. The lowest BCUT2D eigenvalue weighted by Crippen LogP contribution is -2.30. The van der Waals surface area contributed by atoms with E-state index in [1.54, 1.807) is 17.0 Å². The molecule has 6 nitrogen and oxygen atoms in total. The molecule has 2 heterocycles. The molecule has 124 valence electrons. The average Bonchev–Trinajstić information content (AvgIpc) is 3.24. The third kappa shape index (κ3) is 3.53. The van der Waals surface area contributed by atoms with E-state index in [-0.39, 0.29) is 18.2 Å². The SMILES string of the molecule is CCc1ccc(N2C[C@H](C(=O)N/N=C/c3ccco3)CC2=O)cc1. The van der Waals surface area contributed by atoms with Gasteiger partial charge in [0.25, 0.3) is 0 Å². The Morgan fingerprint density at radius 2 is 2.17 bits per heavy atom. The fraction of sp³-hybridized carbons (Fsp3) is 0.278. The molecular formula is C18H19N3O3. The van der Waals surface area contributed by atoms with Gasteiger partial charge in [-0.25, -0.2) is 5.43 Å². The number of aryl methyl sites for hydroxylation is 1. The molecule has 1 fully saturated rings. The third-order valence-corrected chi connectivity index (χ3v) is 4.06. The quantitative estimate of drug-likeness (QED) is 0.677. The van der Waals surface area contributed by atoms with Crippen molar-refractivity contribution in [3.05, 3.63) is 54.0 Å². The van der Waals surface area contributed by atoms with Gasteiger partial charge in [0.05, 0.1) is 18.4 Å². The summed E-state index contributed by atoms with van der Waals surface area (Å²) in [4.78, 5) is 26.0. The normalized spacial score (nSPS) is 17.6. The number of nitrogens with zero attached hydrogens (tertiary/aromatic N) is 2. The van der Waals surface area contributed by atoms with Gasteiger partial charge in [-0.15, -0.1) is 0 Å². The zero-order chi connectivity index (χ0) is 16.9. The van der Waals surface area contributed by atoms with Crippen LogP contribution in [0.4, 0.5) is 5.69 Å². The summed E-state index contributed by atoms with van der Waals surface area (Å²) in [5.74, 6) is -0.166. The first-order chi connectivity index (χ1) is 11.7. The molecule has 1 saturated heterocycles. The first-order valence-corrected chi connectivity index (χ1v) is 7.93. The summed E-state index contributed by atoms with van der Waals surface area (Å²) in [5.41, 5.74) is 4.51. The Kier molecular flexibility index (Phi) is 4.74. The fourth-order valence-electron chi connectivity index (χ4n) is 2.66. The van der Waals surface area contributed by atoms with Gasteiger partial charge in [0, 0.05) is 18.7 Å². The Morgan fingerprint density at radius 1 is 1.38 bits per heavy atom. The van der Waals surface area contributed by atoms with Crippen molar-refractivity contribution in [2.75, 3.05) is 11.4 Å². The van der Waals surface area contributed by atoms with Gasteiger partial charge in [-0.2, -0.15) is 5.10 Å². The van der Waals surface area contributed by atoms with Crippen molar-refractivity contribution in [1.82, 2.24) is 5.43 Å². The lowest BCUT2D eigenvalue weighted by atomic mass is 10.1. The molecule has 3 rings (SSSR count). The van der Waals surface area contributed by atoms with Crippen LogP contribution in [0.25, 0.3) is 0 Å². The minimum Gasteiger partial charge on any atom is -0.463 e. The molecule has 6 heteroatoms. The zero-order valence-electron chi connectivity index (χ0n) is 13.4. The van der Waals surface area contributed by atoms with E-state index >= 15 is 0 Å². The number of benzene rings is 1. The summed E-state index contributed by atoms with van der Waals surface area (Å²) in [5, 5.41) is 3.86. The van der Waals surface area contributed by atoms with Gasteiger partial charge in [0.2, 0.25) is 11.8 Å². The van der Waals surface area contributed by atoms with Crippen molar-refractivity contribution in [1.29, 1.82) is 0 Å². The second-order valence-corrected chi connectivity index (χ2v) is 5.68. The molecular weight excluding hydrogens is 306 g/mol. The van der Waals surface area contributed by atoms with Crippen molar-refractivity contribution in [3.8, 4) is 0 Å². The highest BCUT2D eigenvalue weighted by Crippen LogP contribution is 2.25. The lowest BCUT2D eigenvalue weighted by Gasteiger charge is -2.16. The van der Waals surface area contributed by atoms with Crippen LogP contribution in [-0.4, -0.2) is 24.6 Å². The Morgan fingerprint density at radius 3 is 2.83 bits per heavy atom. The van der Waals surface area contributed by atoms with Crippen LogP contribution in [0.2, 0.25) is 0 Å². The predicted octanol–water partition coefficient (Wildman–Crippen LogP) is 2.35. The van der Waals surface area contributed by atoms with Crippen LogP contribution in [0.5, 0.6) is 0 Å². The van der Waals surface area contributed by atoms with Crippen molar-refractivity contribution >= 4 is 23.7 Å². The Bertz CT molecular complexity index is 735. The second-order valence-electron chi connectivity index (χ2n) is 5.68. The summed E-state index contributed by atoms with van der Waals surface area (Å²) < 4.78 is 5.09. The van der Waals surface area contributed by atoms with E-state index in [1.807, 2.05) is 24.3 Å². The minimum atomic E-state index is -0.405. The number of hydrogen-bond acceptors (Lipinski definition) is 4. The van der Waals surface area contributed by atoms with Crippen LogP contribution in [0.3, 0.4) is 0 Å². The maximum atomic E-state index is 12.2. The smallest absolute Gasteiger partial charge is 0.245 e. The molecule has 0 saturated carbocycles. The van der Waals surface area contributed by atoms with Crippen molar-refractivity contribution in [3.63, 3.8) is 0 Å². The number of carbonyl (C=O) groups is 2. The first kappa shape index (κ1) is 16.0. The zero-order valence-corrected chi connectivity index (χ0v) is 13.4. The van der Waals surface area contributed by atoms with Crippen LogP contribution >= 0.6 is 0 Å². The minimum absolute atomic E-state index is 0.0468. The van der Waals surface area contributed by atoms with Gasteiger partial charge in [-0.3, -0.25) is 9.59 Å². The molecule has 2 amide bonds. The average molecular weight is 325 g/mol. The molecule has 2 aromatic rings. The molecule has 1 aliphatic rings. The maximum absolute atomic E-state index is 12.2. The Labute approximate surface area is 140 Å². The van der Waals surface area contributed by atoms with E-state index in [9.17, 15) is 9.59 Å². The molecule has 1 aromatic carbocycles. The van der Waals surface area contributed by atoms with Gasteiger partial charge in [0.1, 0.15) is 5.76 Å². The number of hydrazone groups is 1. The summed E-state index contributed by atoms with van der Waals surface area (Å²) in [6.07, 6.45) is 4.10. The van der Waals surface area contributed by atoms with Crippen LogP contribution in [0.15, 0.2) is 52.2 Å². The van der Waals surface area contributed by atoms with E-state index in [0.717, 1.165) is 12.1 Å². The topological polar surface area (TPSA) is 74.9 Å². The van der Waals surface area contributed by atoms with E-state index in [1.165, 1.54) is 18.0 Å². The molecule has 0 spiro atoms. The predicted molar refractivity (Wildman–Crippen MR) is 90.7 cm³/mol. The van der Waals surface area contributed by atoms with E-state index in [4.69, 9.17) is 4.42 Å². The number of rotatable bonds is 5. The number of carbonyl (C=O) groups excluding carboxylic acids is 2. The molecule has 0 radical (unpaired) electrons. The monoisotopic (exact) mass is 325 g/mol. The molecule has 0 unspecified atom stereocenters. The van der Waals surface area contributed by atoms with E-state index in [0.29, 0.717) is 12.3 Å². The van der Waals surface area contributed by atoms with Crippen molar-refractivity contribution in [2.24, 2.45) is 11.0 Å². The summed E-state index contributed by atoms with van der Waals surface area (Å²) in [7, 11) is 0. The van der Waals surface area contributed by atoms with Crippen LogP contribution < -0.4 is 10.3 Å². The van der Waals surface area contributed by atoms with Gasteiger partial charge < -0.3 is 9.32 Å². The highest BCUT2D eigenvalue weighted by Gasteiger charge is 2.35. The standard InChI is InChI=1S/C18H19N3O3/c1-2-13-5-7-15(8-6-13)21-12-14(10-17(21)22)18(23)20-19-11-16-4-3-9-24-16/h3-9,11,14H,2,10,12H2,1H3,(H,20,23)/b19-11+/t14-/m1/s1. The molecule has 1 N–H and O–H groups in total. The number of nitrogens with one attached hydrogen (secondary N) is 1. The number of hydrogen-bond donors (Lipinski definition) is 1. The molecule has 1 atom stereocenters. The molecule has 1 aliphatic heterocycles. The lowest BCUT2D eigenvalue weighted by molar-refractivity contribution is -0.126. The summed E-state index contributed by atoms with van der Waals surface area (Å²) in [6, 6.07) is 11.3.